The van der Waals surface area contributed by atoms with Crippen molar-refractivity contribution in [1.29, 1.82) is 0 Å². The molecule has 0 aliphatic heterocycles. The molecule has 0 radical (unpaired) electrons. The topological polar surface area (TPSA) is 18.5 Å². The van der Waals surface area contributed by atoms with Gasteiger partial charge in [0.15, 0.2) is 11.5 Å². The lowest BCUT2D eigenvalue weighted by molar-refractivity contribution is -0.0469. The highest BCUT2D eigenvalue weighted by atomic mass is 19.3. The molecule has 0 unspecified atom stereocenters. The minimum Gasteiger partial charge on any atom is -0.491 e. The van der Waals surface area contributed by atoms with Crippen LogP contribution in [0, 0.1) is 11.8 Å². The highest BCUT2D eigenvalue weighted by Crippen LogP contribution is 2.45. The first kappa shape index (κ1) is 14.8. The lowest BCUT2D eigenvalue weighted by atomic mass is 9.89. The summed E-state index contributed by atoms with van der Waals surface area (Å²) in [4.78, 5) is 0. The number of ether oxygens (including phenoxy) is 2. The second-order valence-corrected chi connectivity index (χ2v) is 4.49. The Morgan fingerprint density at radius 3 is 1.45 bits per heavy atom. The third-order valence-electron chi connectivity index (χ3n) is 2.95. The number of allylic oxidation sites excluding steroid dienone is 4. The second kappa shape index (κ2) is 5.04. The van der Waals surface area contributed by atoms with Crippen molar-refractivity contribution in [3.8, 4) is 11.8 Å². The molecule has 0 bridgehead atoms. The fourth-order valence-electron chi connectivity index (χ4n) is 2.02. The summed E-state index contributed by atoms with van der Waals surface area (Å²) in [7, 11) is 0. The smallest absolute Gasteiger partial charge is 0.309 e. The molecule has 0 atom stereocenters. The maximum atomic E-state index is 13.2. The molecule has 2 nitrogen and oxygen atoms in total. The first-order chi connectivity index (χ1) is 9.31. The predicted molar refractivity (Wildman–Crippen MR) is 64.2 cm³/mol. The van der Waals surface area contributed by atoms with E-state index in [1.54, 1.807) is 13.8 Å². The molecule has 6 heteroatoms. The zero-order chi connectivity index (χ0) is 15.0. The molecule has 0 amide bonds. The molecule has 0 saturated heterocycles. The summed E-state index contributed by atoms with van der Waals surface area (Å²) in [5.41, 5.74) is 0.325. The molecule has 0 heterocycles. The number of hydrogen-bond donors (Lipinski definition) is 0. The van der Waals surface area contributed by atoms with Crippen LogP contribution in [0.2, 0.25) is 0 Å². The molecule has 2 rings (SSSR count). The Morgan fingerprint density at radius 1 is 0.850 bits per heavy atom. The van der Waals surface area contributed by atoms with Gasteiger partial charge in [-0.25, -0.2) is 0 Å². The van der Waals surface area contributed by atoms with Crippen LogP contribution in [-0.2, 0) is 9.47 Å². The predicted octanol–water partition coefficient (Wildman–Crippen LogP) is 3.65. The van der Waals surface area contributed by atoms with Gasteiger partial charge in [0.1, 0.15) is 0 Å². The fraction of sp³-hybridized carbons (Fsp3) is 0.571. The van der Waals surface area contributed by atoms with Gasteiger partial charge in [-0.2, -0.15) is 17.6 Å². The number of halogens is 4. The highest BCUT2D eigenvalue weighted by Gasteiger charge is 2.50. The van der Waals surface area contributed by atoms with Crippen LogP contribution in [0.3, 0.4) is 0 Å². The summed E-state index contributed by atoms with van der Waals surface area (Å²) in [5.74, 6) is -1.91. The number of hydrogen-bond acceptors (Lipinski definition) is 2. The lowest BCUT2D eigenvalue weighted by Crippen LogP contribution is -2.34. The van der Waals surface area contributed by atoms with Gasteiger partial charge in [-0.3, -0.25) is 0 Å². The summed E-state index contributed by atoms with van der Waals surface area (Å²) in [5, 5.41) is 0. The first-order valence-electron chi connectivity index (χ1n) is 6.32. The zero-order valence-corrected chi connectivity index (χ0v) is 11.2. The average molecular weight is 290 g/mol. The zero-order valence-electron chi connectivity index (χ0n) is 11.2. The normalized spacial score (nSPS) is 22.5. The molecule has 0 aromatic rings. The van der Waals surface area contributed by atoms with Gasteiger partial charge in [0.2, 0.25) is 0 Å². The quantitative estimate of drug-likeness (QED) is 0.581. The Balaban J connectivity index is 2.20. The SMILES string of the molecule is CCOC1=C(C#CC2=C(OCC)C(F)(F)C2)CC1(F)F. The molecule has 0 aromatic carbocycles. The van der Waals surface area contributed by atoms with Crippen molar-refractivity contribution in [2.75, 3.05) is 13.2 Å². The van der Waals surface area contributed by atoms with Crippen LogP contribution >= 0.6 is 0 Å². The Bertz CT molecular complexity index is 489. The summed E-state index contributed by atoms with van der Waals surface area (Å²) in [6.45, 7) is 3.41. The van der Waals surface area contributed by atoms with E-state index in [4.69, 9.17) is 9.47 Å². The monoisotopic (exact) mass is 290 g/mol. The largest absolute Gasteiger partial charge is 0.491 e. The molecule has 0 N–H and O–H groups in total. The van der Waals surface area contributed by atoms with E-state index in [-0.39, 0.29) is 24.4 Å². The van der Waals surface area contributed by atoms with Gasteiger partial charge in [0, 0.05) is 0 Å². The Labute approximate surface area is 114 Å². The average Bonchev–Trinajstić information content (AvgIpc) is 2.36. The van der Waals surface area contributed by atoms with Crippen molar-refractivity contribution >= 4 is 0 Å². The Kier molecular flexibility index (Phi) is 3.72. The van der Waals surface area contributed by atoms with Crippen LogP contribution in [-0.4, -0.2) is 25.1 Å². The molecule has 0 spiro atoms. The van der Waals surface area contributed by atoms with Crippen molar-refractivity contribution in [2.45, 2.75) is 38.5 Å². The second-order valence-electron chi connectivity index (χ2n) is 4.49. The third kappa shape index (κ3) is 2.49. The van der Waals surface area contributed by atoms with Crippen molar-refractivity contribution in [3.05, 3.63) is 22.7 Å². The minimum absolute atomic E-state index is 0.112. The van der Waals surface area contributed by atoms with Crippen LogP contribution in [0.5, 0.6) is 0 Å². The lowest BCUT2D eigenvalue weighted by Gasteiger charge is -2.31. The van der Waals surface area contributed by atoms with Crippen LogP contribution in [0.4, 0.5) is 17.6 Å². The molecule has 0 fully saturated rings. The van der Waals surface area contributed by atoms with Crippen LogP contribution in [0.25, 0.3) is 0 Å². The molecule has 0 saturated carbocycles. The molecular formula is C14H14F4O2. The van der Waals surface area contributed by atoms with Crippen LogP contribution < -0.4 is 0 Å². The van der Waals surface area contributed by atoms with E-state index in [1.165, 1.54) is 0 Å². The number of alkyl halides is 4. The van der Waals surface area contributed by atoms with Gasteiger partial charge in [-0.1, -0.05) is 11.8 Å². The Hall–Kier alpha value is -1.64. The van der Waals surface area contributed by atoms with Gasteiger partial charge in [0.05, 0.1) is 37.2 Å². The van der Waals surface area contributed by atoms with Gasteiger partial charge in [-0.15, -0.1) is 0 Å². The molecule has 20 heavy (non-hydrogen) atoms. The summed E-state index contributed by atoms with van der Waals surface area (Å²) < 4.78 is 62.4. The standard InChI is InChI=1S/C14H14F4O2/c1-3-19-11-9(7-13(11,15)16)5-6-10-8-14(17,18)12(10)20-4-2/h3-4,7-8H2,1-2H3. The molecule has 0 aromatic heterocycles. The summed E-state index contributed by atoms with van der Waals surface area (Å²) in [6, 6.07) is 0. The van der Waals surface area contributed by atoms with E-state index in [2.05, 4.69) is 11.8 Å². The van der Waals surface area contributed by atoms with Gasteiger partial charge < -0.3 is 9.47 Å². The van der Waals surface area contributed by atoms with Gasteiger partial charge in [-0.05, 0) is 13.8 Å². The van der Waals surface area contributed by atoms with E-state index in [9.17, 15) is 17.6 Å². The van der Waals surface area contributed by atoms with E-state index >= 15 is 0 Å². The van der Waals surface area contributed by atoms with E-state index in [1.807, 2.05) is 0 Å². The first-order valence-corrected chi connectivity index (χ1v) is 6.32. The third-order valence-corrected chi connectivity index (χ3v) is 2.95. The van der Waals surface area contributed by atoms with Gasteiger partial charge in [0.25, 0.3) is 0 Å². The van der Waals surface area contributed by atoms with Gasteiger partial charge >= 0.3 is 11.8 Å². The maximum absolute atomic E-state index is 13.2. The highest BCUT2D eigenvalue weighted by molar-refractivity contribution is 5.51. The van der Waals surface area contributed by atoms with E-state index in [0.29, 0.717) is 0 Å². The summed E-state index contributed by atoms with van der Waals surface area (Å²) >= 11 is 0. The van der Waals surface area contributed by atoms with Crippen molar-refractivity contribution < 1.29 is 27.0 Å². The minimum atomic E-state index is -3.00. The van der Waals surface area contributed by atoms with Crippen molar-refractivity contribution in [1.82, 2.24) is 0 Å². The molecule has 110 valence electrons. The van der Waals surface area contributed by atoms with E-state index in [0.717, 1.165) is 0 Å². The maximum Gasteiger partial charge on any atom is 0.309 e. The summed E-state index contributed by atoms with van der Waals surface area (Å²) in [6.07, 6.45) is -1.02. The molecular weight excluding hydrogens is 276 g/mol. The Morgan fingerprint density at radius 2 is 1.20 bits per heavy atom. The molecule has 2 aliphatic rings. The molecule has 2 aliphatic carbocycles. The van der Waals surface area contributed by atoms with Crippen molar-refractivity contribution in [3.63, 3.8) is 0 Å². The van der Waals surface area contributed by atoms with E-state index < -0.39 is 36.2 Å². The number of rotatable bonds is 4. The fourth-order valence-corrected chi connectivity index (χ4v) is 2.02. The van der Waals surface area contributed by atoms with Crippen molar-refractivity contribution in [2.24, 2.45) is 0 Å². The van der Waals surface area contributed by atoms with Crippen LogP contribution in [0.15, 0.2) is 22.7 Å². The van der Waals surface area contributed by atoms with Crippen LogP contribution in [0.1, 0.15) is 26.7 Å².